The van der Waals surface area contributed by atoms with Gasteiger partial charge in [0.2, 0.25) is 5.91 Å². The Labute approximate surface area is 140 Å². The van der Waals surface area contributed by atoms with Crippen LogP contribution < -0.4 is 5.32 Å². The number of fused-ring (bicyclic) bond motifs is 1. The number of hydrogen-bond acceptors (Lipinski definition) is 2. The van der Waals surface area contributed by atoms with E-state index in [9.17, 15) is 18.0 Å². The average Bonchev–Trinajstić information content (AvgIpc) is 2.55. The number of rotatable bonds is 3. The lowest BCUT2D eigenvalue weighted by atomic mass is 9.81. The zero-order valence-electron chi connectivity index (χ0n) is 13.6. The van der Waals surface area contributed by atoms with Crippen LogP contribution in [0.1, 0.15) is 44.1 Å². The number of halogens is 3. The second-order valence-electron chi connectivity index (χ2n) is 6.83. The summed E-state index contributed by atoms with van der Waals surface area (Å²) >= 11 is 0. The molecule has 2 heterocycles. The van der Waals surface area contributed by atoms with Gasteiger partial charge in [-0.05, 0) is 69.0 Å². The van der Waals surface area contributed by atoms with Gasteiger partial charge in [-0.1, -0.05) is 6.42 Å². The lowest BCUT2D eigenvalue weighted by Crippen LogP contribution is -2.48. The summed E-state index contributed by atoms with van der Waals surface area (Å²) in [6, 6.07) is 5.12. The molecule has 0 radical (unpaired) electrons. The number of anilines is 1. The first-order valence-corrected chi connectivity index (χ1v) is 8.64. The zero-order valence-corrected chi connectivity index (χ0v) is 13.6. The number of nitrogens with one attached hydrogen (secondary N) is 1. The van der Waals surface area contributed by atoms with Crippen LogP contribution in [0.15, 0.2) is 24.3 Å². The van der Waals surface area contributed by atoms with Crippen LogP contribution in [0.4, 0.5) is 18.9 Å². The van der Waals surface area contributed by atoms with Crippen molar-refractivity contribution < 1.29 is 18.0 Å². The second-order valence-corrected chi connectivity index (χ2v) is 6.83. The molecule has 0 aliphatic carbocycles. The molecule has 1 amide bonds. The standard InChI is InChI=1S/C18H23F3N2O/c19-18(20,21)14-6-8-15(9-7-14)22-17(24)12-13-4-3-11-23-10-2-1-5-16(13)23/h6-9,13,16H,1-5,10-12H2,(H,22,24)/t13-,16-/m1/s1. The minimum absolute atomic E-state index is 0.104. The molecule has 24 heavy (non-hydrogen) atoms. The van der Waals surface area contributed by atoms with Gasteiger partial charge >= 0.3 is 6.18 Å². The first kappa shape index (κ1) is 17.3. The van der Waals surface area contributed by atoms with Gasteiger partial charge in [-0.25, -0.2) is 0 Å². The summed E-state index contributed by atoms with van der Waals surface area (Å²) in [5, 5.41) is 2.74. The van der Waals surface area contributed by atoms with Gasteiger partial charge in [0.1, 0.15) is 0 Å². The van der Waals surface area contributed by atoms with Crippen molar-refractivity contribution in [2.24, 2.45) is 5.92 Å². The Morgan fingerprint density at radius 1 is 1.08 bits per heavy atom. The highest BCUT2D eigenvalue weighted by atomic mass is 19.4. The summed E-state index contributed by atoms with van der Waals surface area (Å²) in [6.07, 6.45) is 1.88. The average molecular weight is 340 g/mol. The predicted molar refractivity (Wildman–Crippen MR) is 86.6 cm³/mol. The van der Waals surface area contributed by atoms with Gasteiger partial charge in [-0.2, -0.15) is 13.2 Å². The van der Waals surface area contributed by atoms with E-state index >= 15 is 0 Å². The number of amides is 1. The first-order valence-electron chi connectivity index (χ1n) is 8.64. The number of carbonyl (C=O) groups is 1. The Morgan fingerprint density at radius 3 is 2.50 bits per heavy atom. The van der Waals surface area contributed by atoms with Crippen molar-refractivity contribution in [3.8, 4) is 0 Å². The van der Waals surface area contributed by atoms with E-state index < -0.39 is 11.7 Å². The van der Waals surface area contributed by atoms with Crippen LogP contribution in [0.5, 0.6) is 0 Å². The molecule has 1 aromatic carbocycles. The molecule has 2 aliphatic rings. The Hall–Kier alpha value is -1.56. The van der Waals surface area contributed by atoms with E-state index in [0.29, 0.717) is 24.1 Å². The fraction of sp³-hybridized carbons (Fsp3) is 0.611. The van der Waals surface area contributed by atoms with E-state index in [-0.39, 0.29) is 5.91 Å². The predicted octanol–water partition coefficient (Wildman–Crippen LogP) is 4.30. The number of nitrogens with zero attached hydrogens (tertiary/aromatic N) is 1. The zero-order chi connectivity index (χ0) is 17.2. The van der Waals surface area contributed by atoms with Crippen LogP contribution >= 0.6 is 0 Å². The van der Waals surface area contributed by atoms with E-state index in [1.54, 1.807) is 0 Å². The second kappa shape index (κ2) is 7.13. The summed E-state index contributed by atoms with van der Waals surface area (Å²) in [5.41, 5.74) is -0.282. The minimum Gasteiger partial charge on any atom is -0.326 e. The highest BCUT2D eigenvalue weighted by molar-refractivity contribution is 5.90. The van der Waals surface area contributed by atoms with Crippen LogP contribution in [0, 0.1) is 5.92 Å². The third-order valence-electron chi connectivity index (χ3n) is 5.17. The third kappa shape index (κ3) is 4.09. The van der Waals surface area contributed by atoms with Crippen molar-refractivity contribution in [2.45, 2.75) is 50.7 Å². The maximum absolute atomic E-state index is 12.6. The molecular formula is C18H23F3N2O. The number of carbonyl (C=O) groups excluding carboxylic acids is 1. The first-order chi connectivity index (χ1) is 11.4. The topological polar surface area (TPSA) is 32.3 Å². The van der Waals surface area contributed by atoms with Crippen LogP contribution in [0.3, 0.4) is 0 Å². The lowest BCUT2D eigenvalue weighted by Gasteiger charge is -2.44. The van der Waals surface area contributed by atoms with E-state index in [1.807, 2.05) is 0 Å². The highest BCUT2D eigenvalue weighted by Gasteiger charge is 2.34. The number of benzene rings is 1. The molecule has 132 valence electrons. The fourth-order valence-electron chi connectivity index (χ4n) is 4.01. The largest absolute Gasteiger partial charge is 0.416 e. The molecule has 1 N–H and O–H groups in total. The minimum atomic E-state index is -4.35. The molecule has 2 fully saturated rings. The number of hydrogen-bond donors (Lipinski definition) is 1. The van der Waals surface area contributed by atoms with Gasteiger partial charge in [0, 0.05) is 18.2 Å². The van der Waals surface area contributed by atoms with Crippen LogP contribution in [-0.2, 0) is 11.0 Å². The van der Waals surface area contributed by atoms with Crippen molar-refractivity contribution in [3.05, 3.63) is 29.8 Å². The molecule has 2 aliphatic heterocycles. The molecule has 0 saturated carbocycles. The number of alkyl halides is 3. The van der Waals surface area contributed by atoms with E-state index in [2.05, 4.69) is 10.2 Å². The molecular weight excluding hydrogens is 317 g/mol. The summed E-state index contributed by atoms with van der Waals surface area (Å²) < 4.78 is 37.7. The summed E-state index contributed by atoms with van der Waals surface area (Å²) in [7, 11) is 0. The summed E-state index contributed by atoms with van der Waals surface area (Å²) in [4.78, 5) is 14.8. The monoisotopic (exact) mass is 340 g/mol. The molecule has 0 aromatic heterocycles. The van der Waals surface area contributed by atoms with Gasteiger partial charge < -0.3 is 10.2 Å². The molecule has 2 atom stereocenters. The Morgan fingerprint density at radius 2 is 1.79 bits per heavy atom. The van der Waals surface area contributed by atoms with Crippen molar-refractivity contribution in [2.75, 3.05) is 18.4 Å². The van der Waals surface area contributed by atoms with Crippen LogP contribution in [0.25, 0.3) is 0 Å². The fourth-order valence-corrected chi connectivity index (χ4v) is 4.01. The molecule has 3 nitrogen and oxygen atoms in total. The lowest BCUT2D eigenvalue weighted by molar-refractivity contribution is -0.137. The molecule has 2 saturated heterocycles. The van der Waals surface area contributed by atoms with Crippen LogP contribution in [-0.4, -0.2) is 29.9 Å². The van der Waals surface area contributed by atoms with Crippen molar-refractivity contribution >= 4 is 11.6 Å². The maximum atomic E-state index is 12.6. The van der Waals surface area contributed by atoms with Gasteiger partial charge in [0.05, 0.1) is 5.56 Å². The van der Waals surface area contributed by atoms with Gasteiger partial charge in [-0.3, -0.25) is 4.79 Å². The van der Waals surface area contributed by atoms with Gasteiger partial charge in [0.25, 0.3) is 0 Å². The SMILES string of the molecule is O=C(C[C@H]1CCCN2CCCC[C@H]12)Nc1ccc(C(F)(F)F)cc1. The normalized spacial score (nSPS) is 25.1. The molecule has 0 bridgehead atoms. The Kier molecular flexibility index (Phi) is 5.13. The maximum Gasteiger partial charge on any atom is 0.416 e. The highest BCUT2D eigenvalue weighted by Crippen LogP contribution is 2.33. The van der Waals surface area contributed by atoms with E-state index in [4.69, 9.17) is 0 Å². The Balaban J connectivity index is 1.57. The summed E-state index contributed by atoms with van der Waals surface area (Å²) in [6.45, 7) is 2.25. The molecule has 0 unspecified atom stereocenters. The van der Waals surface area contributed by atoms with Crippen molar-refractivity contribution in [1.82, 2.24) is 4.90 Å². The van der Waals surface area contributed by atoms with Gasteiger partial charge in [0.15, 0.2) is 0 Å². The molecule has 3 rings (SSSR count). The van der Waals surface area contributed by atoms with Crippen molar-refractivity contribution in [1.29, 1.82) is 0 Å². The van der Waals surface area contributed by atoms with E-state index in [1.165, 1.54) is 25.0 Å². The molecule has 0 spiro atoms. The van der Waals surface area contributed by atoms with Gasteiger partial charge in [-0.15, -0.1) is 0 Å². The third-order valence-corrected chi connectivity index (χ3v) is 5.17. The van der Waals surface area contributed by atoms with Crippen molar-refractivity contribution in [3.63, 3.8) is 0 Å². The Bertz CT molecular complexity index is 569. The quantitative estimate of drug-likeness (QED) is 0.890. The molecule has 6 heteroatoms. The summed E-state index contributed by atoms with van der Waals surface area (Å²) in [5.74, 6) is 0.251. The number of piperidine rings is 2. The van der Waals surface area contributed by atoms with E-state index in [0.717, 1.165) is 44.5 Å². The molecule has 1 aromatic rings. The smallest absolute Gasteiger partial charge is 0.326 e. The van der Waals surface area contributed by atoms with Crippen LogP contribution in [0.2, 0.25) is 0 Å².